The fourth-order valence-electron chi connectivity index (χ4n) is 4.29. The Labute approximate surface area is 155 Å². The quantitative estimate of drug-likeness (QED) is 0.808. The lowest BCUT2D eigenvalue weighted by Crippen LogP contribution is -2.61. The van der Waals surface area contributed by atoms with Gasteiger partial charge in [-0.3, -0.25) is 9.59 Å². The molecule has 0 aliphatic carbocycles. The minimum atomic E-state index is -0.685. The maximum Gasteiger partial charge on any atom is 0.255 e. The molecule has 0 bridgehead atoms. The van der Waals surface area contributed by atoms with Gasteiger partial charge in [-0.1, -0.05) is 0 Å². The molecule has 3 rings (SSSR count). The third-order valence-electron chi connectivity index (χ3n) is 5.67. The van der Waals surface area contributed by atoms with Gasteiger partial charge in [-0.25, -0.2) is 0 Å². The van der Waals surface area contributed by atoms with Crippen LogP contribution in [0.4, 0.5) is 0 Å². The molecule has 1 spiro atoms. The lowest BCUT2D eigenvalue weighted by Gasteiger charge is -2.44. The molecule has 142 valence electrons. The van der Waals surface area contributed by atoms with E-state index in [0.717, 1.165) is 43.5 Å². The molecule has 1 aromatic carbocycles. The monoisotopic (exact) mass is 360 g/mol. The Hall–Kier alpha value is -2.08. The van der Waals surface area contributed by atoms with Crippen LogP contribution < -0.4 is 4.74 Å². The van der Waals surface area contributed by atoms with Crippen molar-refractivity contribution in [3.63, 3.8) is 0 Å². The van der Waals surface area contributed by atoms with Crippen molar-refractivity contribution in [2.24, 2.45) is 0 Å². The first-order valence-electron chi connectivity index (χ1n) is 9.28. The maximum absolute atomic E-state index is 13.3. The SMILES string of the molecule is COCCN1CCCC2(CCCN2C(=O)c2ccc(OC)cc2C)C1=O. The van der Waals surface area contributed by atoms with Gasteiger partial charge in [-0.05, 0) is 56.4 Å². The van der Waals surface area contributed by atoms with E-state index in [9.17, 15) is 9.59 Å². The summed E-state index contributed by atoms with van der Waals surface area (Å²) in [5.41, 5.74) is 0.833. The van der Waals surface area contributed by atoms with Crippen molar-refractivity contribution in [2.75, 3.05) is 40.5 Å². The summed E-state index contributed by atoms with van der Waals surface area (Å²) < 4.78 is 10.4. The van der Waals surface area contributed by atoms with Crippen LogP contribution in [0.2, 0.25) is 0 Å². The molecular weight excluding hydrogens is 332 g/mol. The number of likely N-dealkylation sites (tertiary alicyclic amines) is 2. The number of hydrogen-bond acceptors (Lipinski definition) is 4. The van der Waals surface area contributed by atoms with Crippen molar-refractivity contribution < 1.29 is 19.1 Å². The number of piperidine rings is 1. The molecule has 0 N–H and O–H groups in total. The number of aryl methyl sites for hydroxylation is 1. The van der Waals surface area contributed by atoms with Crippen molar-refractivity contribution in [3.8, 4) is 5.75 Å². The second-order valence-electron chi connectivity index (χ2n) is 7.16. The molecule has 2 fully saturated rings. The molecular formula is C20H28N2O4. The highest BCUT2D eigenvalue weighted by molar-refractivity contribution is 6.01. The van der Waals surface area contributed by atoms with Gasteiger partial charge in [0.15, 0.2) is 0 Å². The van der Waals surface area contributed by atoms with E-state index in [-0.39, 0.29) is 11.8 Å². The van der Waals surface area contributed by atoms with Crippen LogP contribution in [-0.2, 0) is 9.53 Å². The van der Waals surface area contributed by atoms with Crippen LogP contribution >= 0.6 is 0 Å². The summed E-state index contributed by atoms with van der Waals surface area (Å²) in [6.45, 7) is 4.39. The van der Waals surface area contributed by atoms with Gasteiger partial charge in [0.25, 0.3) is 5.91 Å². The van der Waals surface area contributed by atoms with E-state index < -0.39 is 5.54 Å². The summed E-state index contributed by atoms with van der Waals surface area (Å²) in [5.74, 6) is 0.761. The van der Waals surface area contributed by atoms with Crippen LogP contribution in [0.15, 0.2) is 18.2 Å². The van der Waals surface area contributed by atoms with Crippen LogP contribution in [0.3, 0.4) is 0 Å². The van der Waals surface area contributed by atoms with E-state index in [1.54, 1.807) is 26.4 Å². The lowest BCUT2D eigenvalue weighted by molar-refractivity contribution is -0.146. The maximum atomic E-state index is 13.3. The van der Waals surface area contributed by atoms with Crippen molar-refractivity contribution in [1.29, 1.82) is 0 Å². The number of nitrogens with zero attached hydrogens (tertiary/aromatic N) is 2. The summed E-state index contributed by atoms with van der Waals surface area (Å²) in [7, 11) is 3.25. The molecule has 2 heterocycles. The smallest absolute Gasteiger partial charge is 0.255 e. The molecule has 26 heavy (non-hydrogen) atoms. The zero-order valence-electron chi connectivity index (χ0n) is 15.9. The third-order valence-corrected chi connectivity index (χ3v) is 5.67. The van der Waals surface area contributed by atoms with E-state index in [0.29, 0.717) is 25.3 Å². The molecule has 2 aliphatic heterocycles. The Morgan fingerprint density at radius 2 is 1.92 bits per heavy atom. The number of rotatable bonds is 5. The van der Waals surface area contributed by atoms with Gasteiger partial charge in [-0.2, -0.15) is 0 Å². The first-order valence-corrected chi connectivity index (χ1v) is 9.28. The predicted octanol–water partition coefficient (Wildman–Crippen LogP) is 2.25. The fourth-order valence-corrected chi connectivity index (χ4v) is 4.29. The van der Waals surface area contributed by atoms with Gasteiger partial charge in [0.1, 0.15) is 11.3 Å². The molecule has 0 aromatic heterocycles. The number of ether oxygens (including phenoxy) is 2. The molecule has 1 unspecified atom stereocenters. The number of amides is 2. The first kappa shape index (κ1) is 18.7. The Kier molecular flexibility index (Phi) is 5.51. The Morgan fingerprint density at radius 1 is 1.19 bits per heavy atom. The third kappa shape index (κ3) is 3.18. The number of benzene rings is 1. The van der Waals surface area contributed by atoms with Crippen molar-refractivity contribution in [1.82, 2.24) is 9.80 Å². The summed E-state index contributed by atoms with van der Waals surface area (Å²) in [4.78, 5) is 30.2. The van der Waals surface area contributed by atoms with Crippen LogP contribution in [0.1, 0.15) is 41.6 Å². The summed E-state index contributed by atoms with van der Waals surface area (Å²) in [5, 5.41) is 0. The number of carbonyl (C=O) groups excluding carboxylic acids is 2. The lowest BCUT2D eigenvalue weighted by atomic mass is 9.85. The minimum absolute atomic E-state index is 0.0513. The zero-order valence-corrected chi connectivity index (χ0v) is 15.9. The van der Waals surface area contributed by atoms with Crippen LogP contribution in [0.25, 0.3) is 0 Å². The molecule has 2 saturated heterocycles. The average Bonchev–Trinajstić information content (AvgIpc) is 3.07. The van der Waals surface area contributed by atoms with Gasteiger partial charge in [-0.15, -0.1) is 0 Å². The fraction of sp³-hybridized carbons (Fsp3) is 0.600. The zero-order chi connectivity index (χ0) is 18.7. The van der Waals surface area contributed by atoms with Gasteiger partial charge < -0.3 is 19.3 Å². The topological polar surface area (TPSA) is 59.1 Å². The normalized spacial score (nSPS) is 23.0. The molecule has 0 saturated carbocycles. The molecule has 6 heteroatoms. The average molecular weight is 360 g/mol. The number of methoxy groups -OCH3 is 2. The minimum Gasteiger partial charge on any atom is -0.497 e. The summed E-state index contributed by atoms with van der Waals surface area (Å²) >= 11 is 0. The molecule has 2 aliphatic rings. The molecule has 1 aromatic rings. The van der Waals surface area contributed by atoms with Crippen LogP contribution in [0.5, 0.6) is 5.75 Å². The highest BCUT2D eigenvalue weighted by atomic mass is 16.5. The van der Waals surface area contributed by atoms with Gasteiger partial charge in [0.2, 0.25) is 5.91 Å². The van der Waals surface area contributed by atoms with Gasteiger partial charge in [0.05, 0.1) is 13.7 Å². The molecule has 0 radical (unpaired) electrons. The van der Waals surface area contributed by atoms with Crippen molar-refractivity contribution in [2.45, 2.75) is 38.1 Å². The van der Waals surface area contributed by atoms with E-state index in [1.165, 1.54) is 0 Å². The highest BCUT2D eigenvalue weighted by Gasteiger charge is 2.52. The molecule has 2 amide bonds. The predicted molar refractivity (Wildman–Crippen MR) is 98.4 cm³/mol. The van der Waals surface area contributed by atoms with E-state index >= 15 is 0 Å². The molecule has 6 nitrogen and oxygen atoms in total. The number of carbonyl (C=O) groups is 2. The second kappa shape index (κ2) is 7.66. The second-order valence-corrected chi connectivity index (χ2v) is 7.16. The van der Waals surface area contributed by atoms with E-state index in [1.807, 2.05) is 22.8 Å². The Balaban J connectivity index is 1.87. The molecule has 1 atom stereocenters. The van der Waals surface area contributed by atoms with Crippen molar-refractivity contribution >= 4 is 11.8 Å². The standard InChI is InChI=1S/C20H28N2O4/c1-15-14-16(26-3)6-7-17(15)18(23)22-11-5-9-20(22)8-4-10-21(19(20)24)12-13-25-2/h6-7,14H,4-5,8-13H2,1-3H3. The van der Waals surface area contributed by atoms with Crippen LogP contribution in [-0.4, -0.2) is 67.6 Å². The largest absolute Gasteiger partial charge is 0.497 e. The first-order chi connectivity index (χ1) is 12.5. The van der Waals surface area contributed by atoms with Gasteiger partial charge >= 0.3 is 0 Å². The van der Waals surface area contributed by atoms with Gasteiger partial charge in [0, 0.05) is 32.3 Å². The Morgan fingerprint density at radius 3 is 2.58 bits per heavy atom. The highest BCUT2D eigenvalue weighted by Crippen LogP contribution is 2.39. The van der Waals surface area contributed by atoms with E-state index in [4.69, 9.17) is 9.47 Å². The Bertz CT molecular complexity index is 690. The number of hydrogen-bond donors (Lipinski definition) is 0. The van der Waals surface area contributed by atoms with Crippen molar-refractivity contribution in [3.05, 3.63) is 29.3 Å². The van der Waals surface area contributed by atoms with E-state index in [2.05, 4.69) is 0 Å². The summed E-state index contributed by atoms with van der Waals surface area (Å²) in [6.07, 6.45) is 3.28. The summed E-state index contributed by atoms with van der Waals surface area (Å²) in [6, 6.07) is 5.47. The van der Waals surface area contributed by atoms with Crippen LogP contribution in [0, 0.1) is 6.92 Å².